The van der Waals surface area contributed by atoms with Crippen molar-refractivity contribution in [2.45, 2.75) is 59.0 Å². The predicted octanol–water partition coefficient (Wildman–Crippen LogP) is 0.846. The summed E-state index contributed by atoms with van der Waals surface area (Å²) < 4.78 is 2.08. The van der Waals surface area contributed by atoms with Crippen molar-refractivity contribution in [2.75, 3.05) is 0 Å². The molecule has 1 aliphatic heterocycles. The molecule has 0 saturated carbocycles. The topological polar surface area (TPSA) is 106 Å². The van der Waals surface area contributed by atoms with Crippen molar-refractivity contribution in [3.63, 3.8) is 0 Å². The number of aryl methyl sites for hydroxylation is 2. The molecule has 0 bridgehead atoms. The van der Waals surface area contributed by atoms with Gasteiger partial charge < -0.3 is 9.88 Å². The van der Waals surface area contributed by atoms with Gasteiger partial charge in [0.1, 0.15) is 17.2 Å². The number of aromatic amines is 1. The second kappa shape index (κ2) is 6.18. The molecule has 3 rings (SSSR count). The van der Waals surface area contributed by atoms with Crippen LogP contribution < -0.4 is 10.9 Å². The van der Waals surface area contributed by atoms with Crippen LogP contribution >= 0.6 is 0 Å². The van der Waals surface area contributed by atoms with Crippen LogP contribution in [0.25, 0.3) is 0 Å². The molecule has 24 heavy (non-hydrogen) atoms. The minimum absolute atomic E-state index is 0.0502. The van der Waals surface area contributed by atoms with Gasteiger partial charge in [-0.3, -0.25) is 9.59 Å². The van der Waals surface area contributed by atoms with Crippen LogP contribution in [0.5, 0.6) is 0 Å². The van der Waals surface area contributed by atoms with E-state index in [0.29, 0.717) is 17.8 Å². The van der Waals surface area contributed by atoms with Crippen molar-refractivity contribution < 1.29 is 4.79 Å². The molecule has 1 aliphatic rings. The van der Waals surface area contributed by atoms with Gasteiger partial charge in [0.15, 0.2) is 0 Å². The lowest BCUT2D eigenvalue weighted by Crippen LogP contribution is -2.43. The molecule has 8 nitrogen and oxygen atoms in total. The van der Waals surface area contributed by atoms with Gasteiger partial charge in [0.25, 0.3) is 11.5 Å². The first-order chi connectivity index (χ1) is 11.4. The number of rotatable bonds is 3. The summed E-state index contributed by atoms with van der Waals surface area (Å²) >= 11 is 0. The Kier molecular flexibility index (Phi) is 4.21. The summed E-state index contributed by atoms with van der Waals surface area (Å²) in [6.45, 7) is 8.27. The molecule has 8 heteroatoms. The molecule has 2 aromatic rings. The van der Waals surface area contributed by atoms with E-state index in [0.717, 1.165) is 24.5 Å². The van der Waals surface area contributed by atoms with E-state index < -0.39 is 5.56 Å². The van der Waals surface area contributed by atoms with Crippen molar-refractivity contribution in [1.29, 1.82) is 0 Å². The number of fused-ring (bicyclic) bond motifs is 1. The molecule has 2 N–H and O–H groups in total. The van der Waals surface area contributed by atoms with Crippen LogP contribution in [-0.2, 0) is 13.0 Å². The Hall–Kier alpha value is -2.51. The highest BCUT2D eigenvalue weighted by molar-refractivity contribution is 5.95. The Labute approximate surface area is 139 Å². The summed E-state index contributed by atoms with van der Waals surface area (Å²) in [6.07, 6.45) is 1.54. The molecule has 0 radical (unpaired) electrons. The van der Waals surface area contributed by atoms with Gasteiger partial charge in [0, 0.05) is 24.9 Å². The van der Waals surface area contributed by atoms with Gasteiger partial charge in [0.05, 0.1) is 5.69 Å². The van der Waals surface area contributed by atoms with Crippen LogP contribution in [0, 0.1) is 13.8 Å². The van der Waals surface area contributed by atoms with Gasteiger partial charge in [0.2, 0.25) is 0 Å². The van der Waals surface area contributed by atoms with E-state index in [-0.39, 0.29) is 23.4 Å². The number of carbonyl (C=O) groups is 1. The minimum Gasteiger partial charge on any atom is -0.347 e. The second-order valence-corrected chi connectivity index (χ2v) is 6.59. The van der Waals surface area contributed by atoms with Gasteiger partial charge >= 0.3 is 0 Å². The van der Waals surface area contributed by atoms with E-state index in [9.17, 15) is 9.59 Å². The molecule has 3 heterocycles. The average molecular weight is 330 g/mol. The minimum atomic E-state index is -0.459. The van der Waals surface area contributed by atoms with E-state index in [2.05, 4.69) is 44.1 Å². The molecule has 0 fully saturated rings. The number of aromatic nitrogens is 5. The van der Waals surface area contributed by atoms with Crippen LogP contribution in [0.3, 0.4) is 0 Å². The summed E-state index contributed by atoms with van der Waals surface area (Å²) in [5, 5.41) is 17.7. The van der Waals surface area contributed by atoms with Crippen molar-refractivity contribution >= 4 is 5.91 Å². The van der Waals surface area contributed by atoms with Gasteiger partial charge in [-0.2, -0.15) is 5.10 Å². The molecule has 0 aromatic carbocycles. The first-order valence-corrected chi connectivity index (χ1v) is 8.17. The third kappa shape index (κ3) is 2.83. The van der Waals surface area contributed by atoms with Gasteiger partial charge in [-0.25, -0.2) is 5.10 Å². The fourth-order valence-electron chi connectivity index (χ4n) is 3.05. The molecular formula is C16H22N6O2. The predicted molar refractivity (Wildman–Crippen MR) is 88.0 cm³/mol. The Morgan fingerprint density at radius 2 is 2.08 bits per heavy atom. The number of H-pyrrole nitrogens is 1. The van der Waals surface area contributed by atoms with Crippen LogP contribution in [0.4, 0.5) is 0 Å². The normalized spacial score (nSPS) is 17.0. The summed E-state index contributed by atoms with van der Waals surface area (Å²) in [5.74, 6) is 1.80. The molecule has 2 aromatic heterocycles. The van der Waals surface area contributed by atoms with E-state index in [1.807, 2.05) is 0 Å². The van der Waals surface area contributed by atoms with Crippen LogP contribution in [0.1, 0.15) is 59.5 Å². The van der Waals surface area contributed by atoms with E-state index in [1.54, 1.807) is 13.8 Å². The molecule has 0 saturated heterocycles. The Balaban J connectivity index is 1.81. The van der Waals surface area contributed by atoms with Crippen molar-refractivity contribution in [2.24, 2.45) is 0 Å². The third-order valence-electron chi connectivity index (χ3n) is 4.52. The summed E-state index contributed by atoms with van der Waals surface area (Å²) in [5.41, 5.74) is 0.937. The smallest absolute Gasteiger partial charge is 0.277 e. The maximum absolute atomic E-state index is 12.6. The van der Waals surface area contributed by atoms with Crippen LogP contribution in [0.2, 0.25) is 0 Å². The highest BCUT2D eigenvalue weighted by Crippen LogP contribution is 2.20. The maximum Gasteiger partial charge on any atom is 0.277 e. The summed E-state index contributed by atoms with van der Waals surface area (Å²) in [4.78, 5) is 24.5. The first-order valence-electron chi connectivity index (χ1n) is 8.17. The highest BCUT2D eigenvalue weighted by Gasteiger charge is 2.26. The average Bonchev–Trinajstić information content (AvgIpc) is 2.94. The number of nitrogens with one attached hydrogen (secondary N) is 2. The van der Waals surface area contributed by atoms with Crippen molar-refractivity contribution in [3.05, 3.63) is 38.8 Å². The van der Waals surface area contributed by atoms with Crippen LogP contribution in [-0.4, -0.2) is 36.9 Å². The fourth-order valence-corrected chi connectivity index (χ4v) is 3.05. The molecular weight excluding hydrogens is 308 g/mol. The molecule has 0 unspecified atom stereocenters. The monoisotopic (exact) mass is 330 g/mol. The van der Waals surface area contributed by atoms with Gasteiger partial charge in [-0.1, -0.05) is 13.8 Å². The van der Waals surface area contributed by atoms with E-state index >= 15 is 0 Å². The van der Waals surface area contributed by atoms with Crippen LogP contribution in [0.15, 0.2) is 4.79 Å². The number of hydrogen-bond acceptors (Lipinski definition) is 5. The zero-order chi connectivity index (χ0) is 17.4. The SMILES string of the molecule is Cc1n[nH]c(=O)c(C(=O)N[C@@H]2CCc3nnc(C(C)C)n3C2)c1C. The Morgan fingerprint density at radius 1 is 1.33 bits per heavy atom. The Morgan fingerprint density at radius 3 is 2.79 bits per heavy atom. The lowest BCUT2D eigenvalue weighted by atomic mass is 10.0. The van der Waals surface area contributed by atoms with E-state index in [1.165, 1.54) is 0 Å². The molecule has 0 aliphatic carbocycles. The lowest BCUT2D eigenvalue weighted by Gasteiger charge is -2.26. The number of amides is 1. The maximum atomic E-state index is 12.6. The number of carbonyl (C=O) groups excluding carboxylic acids is 1. The zero-order valence-corrected chi connectivity index (χ0v) is 14.4. The number of hydrogen-bond donors (Lipinski definition) is 2. The quantitative estimate of drug-likeness (QED) is 0.868. The zero-order valence-electron chi connectivity index (χ0n) is 14.4. The van der Waals surface area contributed by atoms with E-state index in [4.69, 9.17) is 0 Å². The largest absolute Gasteiger partial charge is 0.347 e. The lowest BCUT2D eigenvalue weighted by molar-refractivity contribution is 0.0924. The van der Waals surface area contributed by atoms with Gasteiger partial charge in [-0.15, -0.1) is 10.2 Å². The number of nitrogens with zero attached hydrogens (tertiary/aromatic N) is 4. The third-order valence-corrected chi connectivity index (χ3v) is 4.52. The Bertz CT molecular complexity index is 836. The molecule has 0 spiro atoms. The summed E-state index contributed by atoms with van der Waals surface area (Å²) in [6, 6.07) is -0.0502. The second-order valence-electron chi connectivity index (χ2n) is 6.59. The molecule has 1 amide bonds. The van der Waals surface area contributed by atoms with Gasteiger partial charge in [-0.05, 0) is 25.8 Å². The molecule has 128 valence electrons. The fraction of sp³-hybridized carbons (Fsp3) is 0.562. The standard InChI is InChI=1S/C16H22N6O2/c1-8(2)14-20-19-12-6-5-11(7-22(12)14)17-15(23)13-9(3)10(4)18-21-16(13)24/h8,11H,5-7H2,1-4H3,(H,17,23)(H,21,24)/t11-/m1/s1. The summed E-state index contributed by atoms with van der Waals surface area (Å²) in [7, 11) is 0. The van der Waals surface area contributed by atoms with Crippen molar-refractivity contribution in [3.8, 4) is 0 Å². The highest BCUT2D eigenvalue weighted by atomic mass is 16.2. The first kappa shape index (κ1) is 16.4. The molecule has 1 atom stereocenters. The van der Waals surface area contributed by atoms with Crippen molar-refractivity contribution in [1.82, 2.24) is 30.3 Å².